The Balaban J connectivity index is 1.91. The summed E-state index contributed by atoms with van der Waals surface area (Å²) in [6, 6.07) is 13.8. The van der Waals surface area contributed by atoms with Crippen molar-refractivity contribution < 1.29 is 8.42 Å². The van der Waals surface area contributed by atoms with Gasteiger partial charge in [-0.3, -0.25) is 0 Å². The van der Waals surface area contributed by atoms with Gasteiger partial charge in [-0.25, -0.2) is 8.42 Å². The summed E-state index contributed by atoms with van der Waals surface area (Å²) in [6.45, 7) is 2.00. The smallest absolute Gasteiger partial charge is 0.183 e. The lowest BCUT2D eigenvalue weighted by Crippen LogP contribution is -2.15. The lowest BCUT2D eigenvalue weighted by molar-refractivity contribution is 0.593. The molecule has 3 rings (SSSR count). The quantitative estimate of drug-likeness (QED) is 0.945. The van der Waals surface area contributed by atoms with Crippen LogP contribution >= 0.6 is 11.6 Å². The molecule has 1 saturated carbocycles. The fourth-order valence-electron chi connectivity index (χ4n) is 2.69. The van der Waals surface area contributed by atoms with Crippen molar-refractivity contribution >= 4 is 21.4 Å². The molecule has 1 aliphatic rings. The Morgan fingerprint density at radius 2 is 1.57 bits per heavy atom. The zero-order valence-corrected chi connectivity index (χ0v) is 13.1. The minimum atomic E-state index is -3.42. The standard InChI is InChI=1S/C16H16ClNO2S/c1-10-2-4-11(5-3-10)14-15(18)16(14)21(19,20)13-8-6-12(17)7-9-13/h2-9,14-16H,18H2,1H3/t14-,15+,16-/m1/s1. The molecule has 0 spiro atoms. The molecular formula is C16H16ClNO2S. The first kappa shape index (κ1) is 14.6. The van der Waals surface area contributed by atoms with Crippen LogP contribution in [0.4, 0.5) is 0 Å². The van der Waals surface area contributed by atoms with Gasteiger partial charge in [0.15, 0.2) is 9.84 Å². The largest absolute Gasteiger partial charge is 0.326 e. The van der Waals surface area contributed by atoms with Gasteiger partial charge in [-0.1, -0.05) is 41.4 Å². The van der Waals surface area contributed by atoms with E-state index in [1.165, 1.54) is 12.1 Å². The summed E-state index contributed by atoms with van der Waals surface area (Å²) in [4.78, 5) is 0.280. The lowest BCUT2D eigenvalue weighted by atomic mass is 10.1. The van der Waals surface area contributed by atoms with Crippen LogP contribution in [-0.2, 0) is 9.84 Å². The van der Waals surface area contributed by atoms with Gasteiger partial charge < -0.3 is 5.73 Å². The van der Waals surface area contributed by atoms with Crippen LogP contribution in [0.1, 0.15) is 17.0 Å². The number of hydrogen-bond acceptors (Lipinski definition) is 3. The molecule has 2 aromatic carbocycles. The number of hydrogen-bond donors (Lipinski definition) is 1. The number of aryl methyl sites for hydroxylation is 1. The maximum atomic E-state index is 12.6. The summed E-state index contributed by atoms with van der Waals surface area (Å²) in [5.41, 5.74) is 8.15. The minimum absolute atomic E-state index is 0.133. The normalized spacial score (nSPS) is 24.8. The van der Waals surface area contributed by atoms with Gasteiger partial charge in [-0.2, -0.15) is 0 Å². The summed E-state index contributed by atoms with van der Waals surface area (Å²) in [7, 11) is -3.42. The summed E-state index contributed by atoms with van der Waals surface area (Å²) in [5.74, 6) is -0.133. The third-order valence-electron chi connectivity index (χ3n) is 3.97. The Kier molecular flexibility index (Phi) is 3.56. The second-order valence-electron chi connectivity index (χ2n) is 5.48. The van der Waals surface area contributed by atoms with Gasteiger partial charge in [0.1, 0.15) is 0 Å². The molecule has 0 bridgehead atoms. The van der Waals surface area contributed by atoms with E-state index in [0.29, 0.717) is 5.02 Å². The van der Waals surface area contributed by atoms with E-state index in [0.717, 1.165) is 11.1 Å². The SMILES string of the molecule is Cc1ccc([C@@H]2[C@H](N)[C@@H]2S(=O)(=O)c2ccc(Cl)cc2)cc1. The number of halogens is 1. The average molecular weight is 322 g/mol. The van der Waals surface area contributed by atoms with Crippen LogP contribution in [0.15, 0.2) is 53.4 Å². The van der Waals surface area contributed by atoms with Crippen LogP contribution in [0.2, 0.25) is 5.02 Å². The second kappa shape index (κ2) is 5.13. The maximum Gasteiger partial charge on any atom is 0.183 e. The van der Waals surface area contributed by atoms with Crippen LogP contribution in [0.25, 0.3) is 0 Å². The third kappa shape index (κ3) is 2.59. The highest BCUT2D eigenvalue weighted by Crippen LogP contribution is 2.47. The van der Waals surface area contributed by atoms with Crippen molar-refractivity contribution in [2.75, 3.05) is 0 Å². The van der Waals surface area contributed by atoms with E-state index in [-0.39, 0.29) is 16.9 Å². The van der Waals surface area contributed by atoms with E-state index in [1.54, 1.807) is 12.1 Å². The Morgan fingerprint density at radius 1 is 1.00 bits per heavy atom. The first-order valence-electron chi connectivity index (χ1n) is 6.73. The van der Waals surface area contributed by atoms with E-state index in [9.17, 15) is 8.42 Å². The van der Waals surface area contributed by atoms with Crippen LogP contribution in [0, 0.1) is 6.92 Å². The van der Waals surface area contributed by atoms with Crippen molar-refractivity contribution in [3.63, 3.8) is 0 Å². The first-order valence-corrected chi connectivity index (χ1v) is 8.65. The van der Waals surface area contributed by atoms with Crippen LogP contribution in [0.5, 0.6) is 0 Å². The molecule has 0 saturated heterocycles. The molecule has 2 aromatic rings. The van der Waals surface area contributed by atoms with Gasteiger partial charge in [-0.05, 0) is 36.8 Å². The molecule has 0 amide bonds. The Morgan fingerprint density at radius 3 is 2.14 bits per heavy atom. The molecule has 1 aliphatic carbocycles. The van der Waals surface area contributed by atoms with Crippen molar-refractivity contribution in [2.45, 2.75) is 29.0 Å². The molecule has 3 nitrogen and oxygen atoms in total. The topological polar surface area (TPSA) is 60.2 Å². The fraction of sp³-hybridized carbons (Fsp3) is 0.250. The zero-order valence-electron chi connectivity index (χ0n) is 11.5. The molecule has 21 heavy (non-hydrogen) atoms. The van der Waals surface area contributed by atoms with E-state index >= 15 is 0 Å². The van der Waals surface area contributed by atoms with Crippen LogP contribution in [0.3, 0.4) is 0 Å². The summed E-state index contributed by atoms with van der Waals surface area (Å²) in [6.07, 6.45) is 0. The molecular weight excluding hydrogens is 306 g/mol. The van der Waals surface area contributed by atoms with Gasteiger partial charge in [0, 0.05) is 17.0 Å². The Labute approximate surface area is 129 Å². The molecule has 110 valence electrons. The monoisotopic (exact) mass is 321 g/mol. The Hall–Kier alpha value is -1.36. The summed E-state index contributed by atoms with van der Waals surface area (Å²) < 4.78 is 25.3. The van der Waals surface area contributed by atoms with Gasteiger partial charge >= 0.3 is 0 Å². The molecule has 0 unspecified atom stereocenters. The Bertz CT molecular complexity index is 754. The predicted molar refractivity (Wildman–Crippen MR) is 84.3 cm³/mol. The predicted octanol–water partition coefficient (Wildman–Crippen LogP) is 2.92. The van der Waals surface area contributed by atoms with Crippen molar-refractivity contribution in [2.24, 2.45) is 5.73 Å². The van der Waals surface area contributed by atoms with Crippen molar-refractivity contribution in [1.82, 2.24) is 0 Å². The molecule has 0 radical (unpaired) electrons. The number of benzene rings is 2. The molecule has 0 heterocycles. The second-order valence-corrected chi connectivity index (χ2v) is 8.02. The summed E-state index contributed by atoms with van der Waals surface area (Å²) in [5, 5.41) is -0.0366. The molecule has 0 aliphatic heterocycles. The number of rotatable bonds is 3. The minimum Gasteiger partial charge on any atom is -0.326 e. The van der Waals surface area contributed by atoms with E-state index in [4.69, 9.17) is 17.3 Å². The molecule has 0 aromatic heterocycles. The van der Waals surface area contributed by atoms with Gasteiger partial charge in [0.05, 0.1) is 10.1 Å². The average Bonchev–Trinajstić information content (AvgIpc) is 3.12. The molecule has 1 fully saturated rings. The summed E-state index contributed by atoms with van der Waals surface area (Å²) >= 11 is 5.81. The first-order chi connectivity index (χ1) is 9.91. The fourth-order valence-corrected chi connectivity index (χ4v) is 4.86. The molecule has 5 heteroatoms. The third-order valence-corrected chi connectivity index (χ3v) is 6.48. The lowest BCUT2D eigenvalue weighted by Gasteiger charge is -2.04. The van der Waals surface area contributed by atoms with Gasteiger partial charge in [-0.15, -0.1) is 0 Å². The van der Waals surface area contributed by atoms with Crippen LogP contribution < -0.4 is 5.73 Å². The van der Waals surface area contributed by atoms with Gasteiger partial charge in [0.2, 0.25) is 0 Å². The van der Waals surface area contributed by atoms with E-state index in [2.05, 4.69) is 0 Å². The van der Waals surface area contributed by atoms with Gasteiger partial charge in [0.25, 0.3) is 0 Å². The van der Waals surface area contributed by atoms with Crippen molar-refractivity contribution in [3.8, 4) is 0 Å². The number of sulfone groups is 1. The maximum absolute atomic E-state index is 12.6. The highest BCUT2D eigenvalue weighted by molar-refractivity contribution is 7.92. The highest BCUT2D eigenvalue weighted by atomic mass is 35.5. The zero-order chi connectivity index (χ0) is 15.2. The van der Waals surface area contributed by atoms with Crippen molar-refractivity contribution in [3.05, 3.63) is 64.7 Å². The highest BCUT2D eigenvalue weighted by Gasteiger charge is 2.57. The molecule has 3 atom stereocenters. The van der Waals surface area contributed by atoms with Crippen LogP contribution in [-0.4, -0.2) is 19.7 Å². The number of nitrogens with two attached hydrogens (primary N) is 1. The molecule has 2 N–H and O–H groups in total. The van der Waals surface area contributed by atoms with E-state index < -0.39 is 15.1 Å². The van der Waals surface area contributed by atoms with Crippen molar-refractivity contribution in [1.29, 1.82) is 0 Å². The van der Waals surface area contributed by atoms with E-state index in [1.807, 2.05) is 31.2 Å².